The standard InChI is InChI=1S/C15H25NO/c1-11-8-12(2)15(13(3)9-11)14(4)10-16-6-7-17-5/h8-9,14,16H,6-7,10H2,1-5H3. The number of hydrogen-bond donors (Lipinski definition) is 1. The summed E-state index contributed by atoms with van der Waals surface area (Å²) in [5.74, 6) is 0.549. The molecule has 2 nitrogen and oxygen atoms in total. The number of hydrogen-bond acceptors (Lipinski definition) is 2. The number of methoxy groups -OCH3 is 1. The van der Waals surface area contributed by atoms with Crippen molar-refractivity contribution in [1.29, 1.82) is 0 Å². The Morgan fingerprint density at radius 1 is 1.18 bits per heavy atom. The summed E-state index contributed by atoms with van der Waals surface area (Å²) >= 11 is 0. The van der Waals surface area contributed by atoms with Gasteiger partial charge in [0.05, 0.1) is 6.61 Å². The Bertz CT molecular complexity index is 337. The van der Waals surface area contributed by atoms with Crippen molar-refractivity contribution in [3.63, 3.8) is 0 Å². The molecule has 0 spiro atoms. The van der Waals surface area contributed by atoms with E-state index in [9.17, 15) is 0 Å². The third kappa shape index (κ3) is 4.14. The van der Waals surface area contributed by atoms with Crippen LogP contribution in [0.2, 0.25) is 0 Å². The van der Waals surface area contributed by atoms with E-state index in [0.29, 0.717) is 5.92 Å². The summed E-state index contributed by atoms with van der Waals surface area (Å²) in [4.78, 5) is 0. The molecule has 0 aliphatic heterocycles. The highest BCUT2D eigenvalue weighted by Crippen LogP contribution is 2.24. The first-order chi connectivity index (χ1) is 8.06. The van der Waals surface area contributed by atoms with Gasteiger partial charge in [0, 0.05) is 20.2 Å². The van der Waals surface area contributed by atoms with Crippen molar-refractivity contribution in [2.45, 2.75) is 33.6 Å². The van der Waals surface area contributed by atoms with Crippen LogP contribution < -0.4 is 5.32 Å². The van der Waals surface area contributed by atoms with Gasteiger partial charge in [-0.05, 0) is 43.4 Å². The quantitative estimate of drug-likeness (QED) is 0.765. The van der Waals surface area contributed by atoms with E-state index in [4.69, 9.17) is 4.74 Å². The van der Waals surface area contributed by atoms with E-state index in [1.54, 1.807) is 7.11 Å². The fraction of sp³-hybridized carbons (Fsp3) is 0.600. The SMILES string of the molecule is COCCNCC(C)c1c(C)cc(C)cc1C. The van der Waals surface area contributed by atoms with Crippen molar-refractivity contribution in [1.82, 2.24) is 5.32 Å². The van der Waals surface area contributed by atoms with E-state index in [1.165, 1.54) is 22.3 Å². The van der Waals surface area contributed by atoms with Crippen LogP contribution in [0.25, 0.3) is 0 Å². The summed E-state index contributed by atoms with van der Waals surface area (Å²) in [6.07, 6.45) is 0. The minimum absolute atomic E-state index is 0.549. The topological polar surface area (TPSA) is 21.3 Å². The molecule has 1 aromatic rings. The van der Waals surface area contributed by atoms with Crippen LogP contribution in [0.1, 0.15) is 35.1 Å². The third-order valence-corrected chi connectivity index (χ3v) is 3.16. The second kappa shape index (κ2) is 6.77. The Labute approximate surface area is 105 Å². The lowest BCUT2D eigenvalue weighted by atomic mass is 9.90. The van der Waals surface area contributed by atoms with E-state index in [0.717, 1.165) is 19.7 Å². The number of benzene rings is 1. The fourth-order valence-electron chi connectivity index (χ4n) is 2.56. The summed E-state index contributed by atoms with van der Waals surface area (Å²) < 4.78 is 5.03. The van der Waals surface area contributed by atoms with Crippen LogP contribution in [0.15, 0.2) is 12.1 Å². The largest absolute Gasteiger partial charge is 0.383 e. The molecule has 0 radical (unpaired) electrons. The van der Waals surface area contributed by atoms with Crippen molar-refractivity contribution in [3.8, 4) is 0 Å². The first-order valence-electron chi connectivity index (χ1n) is 6.33. The maximum absolute atomic E-state index is 5.03. The van der Waals surface area contributed by atoms with Gasteiger partial charge >= 0.3 is 0 Å². The van der Waals surface area contributed by atoms with Crippen molar-refractivity contribution >= 4 is 0 Å². The number of rotatable bonds is 6. The maximum atomic E-state index is 5.03. The van der Waals surface area contributed by atoms with Crippen molar-refractivity contribution in [2.24, 2.45) is 0 Å². The van der Waals surface area contributed by atoms with Crippen LogP contribution >= 0.6 is 0 Å². The van der Waals surface area contributed by atoms with E-state index in [-0.39, 0.29) is 0 Å². The molecule has 0 amide bonds. The smallest absolute Gasteiger partial charge is 0.0587 e. The molecule has 1 N–H and O–H groups in total. The Balaban J connectivity index is 2.65. The maximum Gasteiger partial charge on any atom is 0.0587 e. The van der Waals surface area contributed by atoms with Gasteiger partial charge in [-0.2, -0.15) is 0 Å². The monoisotopic (exact) mass is 235 g/mol. The van der Waals surface area contributed by atoms with E-state index >= 15 is 0 Å². The molecule has 1 aromatic carbocycles. The van der Waals surface area contributed by atoms with Gasteiger partial charge in [-0.1, -0.05) is 24.6 Å². The minimum atomic E-state index is 0.549. The Kier molecular flexibility index (Phi) is 5.66. The Morgan fingerprint density at radius 2 is 1.76 bits per heavy atom. The van der Waals surface area contributed by atoms with Gasteiger partial charge in [0.2, 0.25) is 0 Å². The molecule has 1 unspecified atom stereocenters. The van der Waals surface area contributed by atoms with E-state index in [2.05, 4.69) is 45.1 Å². The molecule has 17 heavy (non-hydrogen) atoms. The first-order valence-corrected chi connectivity index (χ1v) is 6.33. The lowest BCUT2D eigenvalue weighted by Crippen LogP contribution is -2.24. The summed E-state index contributed by atoms with van der Waals surface area (Å²) in [6.45, 7) is 11.6. The van der Waals surface area contributed by atoms with Gasteiger partial charge in [-0.15, -0.1) is 0 Å². The predicted octanol–water partition coefficient (Wildman–Crippen LogP) is 2.95. The zero-order valence-electron chi connectivity index (χ0n) is 11.8. The highest BCUT2D eigenvalue weighted by Gasteiger charge is 2.11. The zero-order chi connectivity index (χ0) is 12.8. The zero-order valence-corrected chi connectivity index (χ0v) is 11.8. The van der Waals surface area contributed by atoms with Gasteiger partial charge in [-0.3, -0.25) is 0 Å². The molecule has 96 valence electrons. The normalized spacial score (nSPS) is 12.8. The molecule has 0 saturated heterocycles. The molecule has 0 fully saturated rings. The van der Waals surface area contributed by atoms with Crippen LogP contribution in [-0.2, 0) is 4.74 Å². The summed E-state index contributed by atoms with van der Waals surface area (Å²) in [7, 11) is 1.74. The molecule has 0 aliphatic rings. The number of ether oxygens (including phenoxy) is 1. The lowest BCUT2D eigenvalue weighted by Gasteiger charge is -2.19. The molecular weight excluding hydrogens is 210 g/mol. The Hall–Kier alpha value is -0.860. The molecule has 0 saturated carbocycles. The van der Waals surface area contributed by atoms with Gasteiger partial charge in [-0.25, -0.2) is 0 Å². The minimum Gasteiger partial charge on any atom is -0.383 e. The molecule has 2 heteroatoms. The average molecular weight is 235 g/mol. The molecule has 0 aliphatic carbocycles. The van der Waals surface area contributed by atoms with Crippen LogP contribution in [0.4, 0.5) is 0 Å². The summed E-state index contributed by atoms with van der Waals surface area (Å²) in [5, 5.41) is 3.43. The summed E-state index contributed by atoms with van der Waals surface area (Å²) in [6, 6.07) is 4.54. The van der Waals surface area contributed by atoms with Gasteiger partial charge in [0.25, 0.3) is 0 Å². The Morgan fingerprint density at radius 3 is 2.29 bits per heavy atom. The third-order valence-electron chi connectivity index (χ3n) is 3.16. The molecule has 0 heterocycles. The van der Waals surface area contributed by atoms with Crippen LogP contribution in [0.3, 0.4) is 0 Å². The van der Waals surface area contributed by atoms with Gasteiger partial charge < -0.3 is 10.1 Å². The average Bonchev–Trinajstić information content (AvgIpc) is 2.23. The highest BCUT2D eigenvalue weighted by atomic mass is 16.5. The van der Waals surface area contributed by atoms with Crippen LogP contribution in [0, 0.1) is 20.8 Å². The van der Waals surface area contributed by atoms with Crippen LogP contribution in [0.5, 0.6) is 0 Å². The van der Waals surface area contributed by atoms with Crippen molar-refractivity contribution in [2.75, 3.05) is 26.8 Å². The van der Waals surface area contributed by atoms with E-state index in [1.807, 2.05) is 0 Å². The van der Waals surface area contributed by atoms with Gasteiger partial charge in [0.15, 0.2) is 0 Å². The van der Waals surface area contributed by atoms with Crippen molar-refractivity contribution < 1.29 is 4.74 Å². The van der Waals surface area contributed by atoms with Crippen molar-refractivity contribution in [3.05, 3.63) is 34.4 Å². The lowest BCUT2D eigenvalue weighted by molar-refractivity contribution is 0.199. The molecule has 1 atom stereocenters. The highest BCUT2D eigenvalue weighted by molar-refractivity contribution is 5.39. The summed E-state index contributed by atoms with van der Waals surface area (Å²) in [5.41, 5.74) is 5.65. The molecular formula is C15H25NO. The first kappa shape index (κ1) is 14.2. The second-order valence-electron chi connectivity index (χ2n) is 4.91. The van der Waals surface area contributed by atoms with E-state index < -0.39 is 0 Å². The van der Waals surface area contributed by atoms with Gasteiger partial charge in [0.1, 0.15) is 0 Å². The predicted molar refractivity (Wildman–Crippen MR) is 73.8 cm³/mol. The number of aryl methyl sites for hydroxylation is 3. The van der Waals surface area contributed by atoms with Crippen LogP contribution in [-0.4, -0.2) is 26.8 Å². The molecule has 1 rings (SSSR count). The number of nitrogens with one attached hydrogen (secondary N) is 1. The second-order valence-corrected chi connectivity index (χ2v) is 4.91. The molecule has 0 aromatic heterocycles. The molecule has 0 bridgehead atoms. The fourth-order valence-corrected chi connectivity index (χ4v) is 2.56.